The third-order valence-electron chi connectivity index (χ3n) is 2.50. The predicted octanol–water partition coefficient (Wildman–Crippen LogP) is 4.38. The van der Waals surface area contributed by atoms with Crippen LogP contribution in [-0.2, 0) is 0 Å². The Kier molecular flexibility index (Phi) is 3.79. The first-order valence-corrected chi connectivity index (χ1v) is 6.38. The number of benzene rings is 1. The number of hydrogen-bond acceptors (Lipinski definition) is 2. The molecule has 1 nitrogen and oxygen atoms in total. The van der Waals surface area contributed by atoms with E-state index < -0.39 is 0 Å². The first kappa shape index (κ1) is 12.1. The van der Waals surface area contributed by atoms with Crippen molar-refractivity contribution in [2.24, 2.45) is 0 Å². The van der Waals surface area contributed by atoms with Crippen molar-refractivity contribution in [3.8, 4) is 0 Å². The molecule has 0 fully saturated rings. The summed E-state index contributed by atoms with van der Waals surface area (Å²) in [7, 11) is 0. The molecule has 0 aliphatic heterocycles. The lowest BCUT2D eigenvalue weighted by Gasteiger charge is -2.11. The van der Waals surface area contributed by atoms with Gasteiger partial charge in [0.05, 0.1) is 5.03 Å². The predicted molar refractivity (Wildman–Crippen MR) is 69.6 cm³/mol. The van der Waals surface area contributed by atoms with Crippen molar-refractivity contribution in [3.63, 3.8) is 0 Å². The van der Waals surface area contributed by atoms with Gasteiger partial charge in [-0.15, -0.1) is 0 Å². The second-order valence-electron chi connectivity index (χ2n) is 3.99. The van der Waals surface area contributed by atoms with Crippen LogP contribution in [0.2, 0.25) is 0 Å². The van der Waals surface area contributed by atoms with Gasteiger partial charge in [-0.05, 0) is 43.2 Å². The fraction of sp³-hybridized carbons (Fsp3) is 0.214. The molecule has 1 heterocycles. The van der Waals surface area contributed by atoms with E-state index in [1.54, 1.807) is 23.9 Å². The number of rotatable bonds is 3. The van der Waals surface area contributed by atoms with Crippen LogP contribution in [0.3, 0.4) is 0 Å². The van der Waals surface area contributed by atoms with Crippen LogP contribution >= 0.6 is 11.8 Å². The Morgan fingerprint density at radius 3 is 2.71 bits per heavy atom. The second-order valence-corrected chi connectivity index (χ2v) is 5.35. The quantitative estimate of drug-likeness (QED) is 0.746. The molecular weight excluding hydrogens is 233 g/mol. The van der Waals surface area contributed by atoms with Crippen LogP contribution in [0, 0.1) is 12.7 Å². The molecule has 1 aromatic heterocycles. The Hall–Kier alpha value is -1.35. The lowest BCUT2D eigenvalue weighted by Crippen LogP contribution is -1.90. The summed E-state index contributed by atoms with van der Waals surface area (Å²) in [5.41, 5.74) is 2.13. The van der Waals surface area contributed by atoms with Gasteiger partial charge in [-0.2, -0.15) is 0 Å². The third kappa shape index (κ3) is 3.30. The maximum atomic E-state index is 13.1. The maximum absolute atomic E-state index is 13.1. The fourth-order valence-corrected chi connectivity index (χ4v) is 2.44. The number of hydrogen-bond donors (Lipinski definition) is 0. The topological polar surface area (TPSA) is 12.9 Å². The van der Waals surface area contributed by atoms with Gasteiger partial charge in [-0.3, -0.25) is 0 Å². The standard InChI is InChI=1S/C14H14FNS/c1-10-6-7-14(16-9-10)17-11(2)12-4-3-5-13(15)8-12/h3-9,11H,1-2H3. The van der Waals surface area contributed by atoms with Gasteiger partial charge in [0.15, 0.2) is 0 Å². The smallest absolute Gasteiger partial charge is 0.123 e. The highest BCUT2D eigenvalue weighted by Gasteiger charge is 2.08. The van der Waals surface area contributed by atoms with Crippen molar-refractivity contribution in [2.45, 2.75) is 24.1 Å². The summed E-state index contributed by atoms with van der Waals surface area (Å²) in [6, 6.07) is 10.7. The molecule has 17 heavy (non-hydrogen) atoms. The van der Waals surface area contributed by atoms with Crippen LogP contribution < -0.4 is 0 Å². The zero-order valence-electron chi connectivity index (χ0n) is 9.85. The van der Waals surface area contributed by atoms with Gasteiger partial charge < -0.3 is 0 Å². The van der Waals surface area contributed by atoms with Crippen LogP contribution in [0.15, 0.2) is 47.6 Å². The Morgan fingerprint density at radius 2 is 2.06 bits per heavy atom. The van der Waals surface area contributed by atoms with E-state index in [9.17, 15) is 4.39 Å². The van der Waals surface area contributed by atoms with Gasteiger partial charge in [0.1, 0.15) is 5.82 Å². The first-order valence-electron chi connectivity index (χ1n) is 5.50. The number of aromatic nitrogens is 1. The van der Waals surface area contributed by atoms with E-state index in [0.29, 0.717) is 0 Å². The van der Waals surface area contributed by atoms with E-state index in [1.807, 2.05) is 31.3 Å². The van der Waals surface area contributed by atoms with E-state index in [2.05, 4.69) is 11.9 Å². The lowest BCUT2D eigenvalue weighted by atomic mass is 10.2. The molecule has 0 radical (unpaired) electrons. The largest absolute Gasteiger partial charge is 0.250 e. The summed E-state index contributed by atoms with van der Waals surface area (Å²) in [5, 5.41) is 1.16. The van der Waals surface area contributed by atoms with Crippen LogP contribution in [0.4, 0.5) is 4.39 Å². The molecule has 0 saturated heterocycles. The average molecular weight is 247 g/mol. The molecule has 0 bridgehead atoms. The van der Waals surface area contributed by atoms with Crippen LogP contribution in [0.25, 0.3) is 0 Å². The summed E-state index contributed by atoms with van der Waals surface area (Å²) < 4.78 is 13.1. The number of aryl methyl sites for hydroxylation is 1. The van der Waals surface area contributed by atoms with Gasteiger partial charge in [-0.25, -0.2) is 9.37 Å². The number of thioether (sulfide) groups is 1. The second kappa shape index (κ2) is 5.32. The van der Waals surface area contributed by atoms with Gasteiger partial charge in [-0.1, -0.05) is 30.0 Å². The van der Waals surface area contributed by atoms with Crippen molar-refractivity contribution >= 4 is 11.8 Å². The molecule has 2 rings (SSSR count). The molecule has 1 unspecified atom stereocenters. The van der Waals surface area contributed by atoms with Crippen LogP contribution in [0.1, 0.15) is 23.3 Å². The van der Waals surface area contributed by atoms with E-state index >= 15 is 0 Å². The molecule has 2 aromatic rings. The number of pyridine rings is 1. The van der Waals surface area contributed by atoms with Crippen molar-refractivity contribution in [3.05, 3.63) is 59.5 Å². The Morgan fingerprint density at radius 1 is 1.24 bits per heavy atom. The molecular formula is C14H14FNS. The molecule has 0 aliphatic carbocycles. The molecule has 0 saturated carbocycles. The van der Waals surface area contributed by atoms with E-state index in [0.717, 1.165) is 16.2 Å². The zero-order chi connectivity index (χ0) is 12.3. The molecule has 88 valence electrons. The van der Waals surface area contributed by atoms with Crippen molar-refractivity contribution in [1.29, 1.82) is 0 Å². The van der Waals surface area contributed by atoms with Crippen molar-refractivity contribution in [1.82, 2.24) is 4.98 Å². The summed E-state index contributed by atoms with van der Waals surface area (Å²) in [4.78, 5) is 4.34. The summed E-state index contributed by atoms with van der Waals surface area (Å²) >= 11 is 1.64. The summed E-state index contributed by atoms with van der Waals surface area (Å²) in [6.45, 7) is 4.07. The molecule has 3 heteroatoms. The van der Waals surface area contributed by atoms with Crippen molar-refractivity contribution < 1.29 is 4.39 Å². The average Bonchev–Trinajstić information content (AvgIpc) is 2.32. The first-order chi connectivity index (χ1) is 8.15. The van der Waals surface area contributed by atoms with E-state index in [-0.39, 0.29) is 11.1 Å². The minimum Gasteiger partial charge on any atom is -0.250 e. The van der Waals surface area contributed by atoms with E-state index in [4.69, 9.17) is 0 Å². The highest BCUT2D eigenvalue weighted by Crippen LogP contribution is 2.33. The van der Waals surface area contributed by atoms with Gasteiger partial charge >= 0.3 is 0 Å². The Balaban J connectivity index is 2.11. The Bertz CT molecular complexity index is 496. The summed E-state index contributed by atoms with van der Waals surface area (Å²) in [6.07, 6.45) is 1.85. The normalized spacial score (nSPS) is 12.4. The maximum Gasteiger partial charge on any atom is 0.123 e. The number of halogens is 1. The highest BCUT2D eigenvalue weighted by atomic mass is 32.2. The van der Waals surface area contributed by atoms with Crippen LogP contribution in [0.5, 0.6) is 0 Å². The zero-order valence-corrected chi connectivity index (χ0v) is 10.7. The fourth-order valence-electron chi connectivity index (χ4n) is 1.53. The molecule has 0 N–H and O–H groups in total. The van der Waals surface area contributed by atoms with Gasteiger partial charge in [0.2, 0.25) is 0 Å². The van der Waals surface area contributed by atoms with Gasteiger partial charge in [0, 0.05) is 11.4 Å². The molecule has 1 atom stereocenters. The monoisotopic (exact) mass is 247 g/mol. The van der Waals surface area contributed by atoms with Crippen molar-refractivity contribution in [2.75, 3.05) is 0 Å². The summed E-state index contributed by atoms with van der Waals surface area (Å²) in [5.74, 6) is -0.188. The molecule has 0 amide bonds. The van der Waals surface area contributed by atoms with Gasteiger partial charge in [0.25, 0.3) is 0 Å². The molecule has 0 spiro atoms. The highest BCUT2D eigenvalue weighted by molar-refractivity contribution is 7.99. The van der Waals surface area contributed by atoms with E-state index in [1.165, 1.54) is 6.07 Å². The SMILES string of the molecule is Cc1ccc(SC(C)c2cccc(F)c2)nc1. The molecule has 1 aromatic carbocycles. The van der Waals surface area contributed by atoms with Crippen LogP contribution in [-0.4, -0.2) is 4.98 Å². The third-order valence-corrected chi connectivity index (χ3v) is 3.61. The number of nitrogens with zero attached hydrogens (tertiary/aromatic N) is 1. The minimum absolute atomic E-state index is 0.188. The Labute approximate surface area is 105 Å². The lowest BCUT2D eigenvalue weighted by molar-refractivity contribution is 0.625. The molecule has 0 aliphatic rings. The minimum atomic E-state index is -0.188.